The smallest absolute Gasteiger partial charge is 0.255 e. The number of fused-ring (bicyclic) bond motifs is 2. The van der Waals surface area contributed by atoms with Crippen LogP contribution in [0.25, 0.3) is 0 Å². The summed E-state index contributed by atoms with van der Waals surface area (Å²) < 4.78 is 0. The summed E-state index contributed by atoms with van der Waals surface area (Å²) in [6.45, 7) is 1.18. The molecule has 2 aliphatic heterocycles. The van der Waals surface area contributed by atoms with E-state index in [-0.39, 0.29) is 24.1 Å². The first-order chi connectivity index (χ1) is 14.6. The van der Waals surface area contributed by atoms with Crippen LogP contribution in [-0.4, -0.2) is 34.7 Å². The third-order valence-electron chi connectivity index (χ3n) is 6.53. The van der Waals surface area contributed by atoms with Gasteiger partial charge in [0.25, 0.3) is 5.91 Å². The van der Waals surface area contributed by atoms with Gasteiger partial charge in [-0.2, -0.15) is 0 Å². The van der Waals surface area contributed by atoms with E-state index >= 15 is 0 Å². The Bertz CT molecular complexity index is 1030. The number of aryl methyl sites for hydroxylation is 1. The zero-order valence-electron chi connectivity index (χ0n) is 16.8. The quantitative estimate of drug-likeness (QED) is 0.767. The molecule has 2 N–H and O–H groups in total. The molecule has 1 saturated heterocycles. The molecule has 0 saturated carbocycles. The van der Waals surface area contributed by atoms with Crippen LogP contribution in [0.3, 0.4) is 0 Å². The van der Waals surface area contributed by atoms with Gasteiger partial charge < -0.3 is 10.2 Å². The molecule has 6 nitrogen and oxygen atoms in total. The van der Waals surface area contributed by atoms with Gasteiger partial charge >= 0.3 is 0 Å². The van der Waals surface area contributed by atoms with Crippen LogP contribution in [-0.2, 0) is 35.5 Å². The number of carbonyl (C=O) groups excluding carboxylic acids is 3. The van der Waals surface area contributed by atoms with Gasteiger partial charge in [0.2, 0.25) is 11.8 Å². The Balaban J connectivity index is 1.24. The number of nitrogens with zero attached hydrogens (tertiary/aromatic N) is 1. The molecule has 0 aromatic heterocycles. The normalized spacial score (nSPS) is 23.2. The minimum absolute atomic E-state index is 0.122. The van der Waals surface area contributed by atoms with Crippen molar-refractivity contribution in [2.45, 2.75) is 57.3 Å². The molecule has 5 rings (SSSR count). The van der Waals surface area contributed by atoms with E-state index in [2.05, 4.69) is 41.0 Å². The largest absolute Gasteiger partial charge is 0.322 e. The van der Waals surface area contributed by atoms with Crippen molar-refractivity contribution in [3.8, 4) is 0 Å². The average Bonchev–Trinajstić information content (AvgIpc) is 3.08. The van der Waals surface area contributed by atoms with Crippen molar-refractivity contribution in [3.05, 3.63) is 70.3 Å². The topological polar surface area (TPSA) is 78.5 Å². The van der Waals surface area contributed by atoms with Crippen molar-refractivity contribution in [2.75, 3.05) is 0 Å². The van der Waals surface area contributed by atoms with Gasteiger partial charge in [-0.15, -0.1) is 0 Å². The third-order valence-corrected chi connectivity index (χ3v) is 6.53. The summed E-state index contributed by atoms with van der Waals surface area (Å²) in [4.78, 5) is 38.0. The van der Waals surface area contributed by atoms with Crippen molar-refractivity contribution in [2.24, 2.45) is 0 Å². The number of imide groups is 1. The minimum Gasteiger partial charge on any atom is -0.322 e. The lowest BCUT2D eigenvalue weighted by Crippen LogP contribution is -2.52. The molecule has 1 fully saturated rings. The first-order valence-electron chi connectivity index (χ1n) is 10.6. The second-order valence-electron chi connectivity index (χ2n) is 8.48. The molecule has 154 valence electrons. The molecule has 1 aliphatic carbocycles. The maximum absolute atomic E-state index is 12.8. The number of amides is 3. The highest BCUT2D eigenvalue weighted by Crippen LogP contribution is 2.28. The van der Waals surface area contributed by atoms with E-state index in [0.29, 0.717) is 24.6 Å². The van der Waals surface area contributed by atoms with E-state index in [1.54, 1.807) is 4.90 Å². The minimum atomic E-state index is -0.563. The Hall–Kier alpha value is -2.99. The molecule has 2 heterocycles. The highest BCUT2D eigenvalue weighted by Gasteiger charge is 2.39. The number of rotatable bonds is 4. The van der Waals surface area contributed by atoms with E-state index in [1.165, 1.54) is 11.1 Å². The summed E-state index contributed by atoms with van der Waals surface area (Å²) in [5, 5.41) is 6.01. The monoisotopic (exact) mass is 403 g/mol. The lowest BCUT2D eigenvalue weighted by atomic mass is 9.88. The van der Waals surface area contributed by atoms with E-state index < -0.39 is 6.04 Å². The maximum Gasteiger partial charge on any atom is 0.255 e. The predicted octanol–water partition coefficient (Wildman–Crippen LogP) is 2.09. The summed E-state index contributed by atoms with van der Waals surface area (Å²) >= 11 is 0. The number of hydrogen-bond donors (Lipinski definition) is 2. The van der Waals surface area contributed by atoms with Crippen LogP contribution in [0.15, 0.2) is 42.5 Å². The predicted molar refractivity (Wildman–Crippen MR) is 112 cm³/mol. The van der Waals surface area contributed by atoms with Crippen molar-refractivity contribution in [1.29, 1.82) is 0 Å². The van der Waals surface area contributed by atoms with Crippen LogP contribution >= 0.6 is 0 Å². The molecule has 1 unspecified atom stereocenters. The van der Waals surface area contributed by atoms with Gasteiger partial charge in [0.15, 0.2) is 0 Å². The summed E-state index contributed by atoms with van der Waals surface area (Å²) in [6, 6.07) is 14.5. The Morgan fingerprint density at radius 3 is 2.63 bits per heavy atom. The highest BCUT2D eigenvalue weighted by molar-refractivity contribution is 6.05. The van der Waals surface area contributed by atoms with Gasteiger partial charge in [0, 0.05) is 31.1 Å². The van der Waals surface area contributed by atoms with Crippen molar-refractivity contribution in [3.63, 3.8) is 0 Å². The molecule has 6 heteroatoms. The Morgan fingerprint density at radius 1 is 0.967 bits per heavy atom. The fourth-order valence-electron chi connectivity index (χ4n) is 4.87. The first-order valence-corrected chi connectivity index (χ1v) is 10.6. The van der Waals surface area contributed by atoms with Crippen molar-refractivity contribution >= 4 is 17.7 Å². The lowest BCUT2D eigenvalue weighted by molar-refractivity contribution is -0.136. The first kappa shape index (κ1) is 19.0. The summed E-state index contributed by atoms with van der Waals surface area (Å²) in [5.74, 6) is -0.756. The molecule has 30 heavy (non-hydrogen) atoms. The second kappa shape index (κ2) is 7.69. The Labute approximate surface area is 175 Å². The van der Waals surface area contributed by atoms with Gasteiger partial charge in [-0.05, 0) is 54.0 Å². The molecular formula is C24H25N3O3. The number of nitrogens with one attached hydrogen (secondary N) is 2. The van der Waals surface area contributed by atoms with Gasteiger partial charge in [0.1, 0.15) is 6.04 Å². The fraction of sp³-hybridized carbons (Fsp3) is 0.375. The van der Waals surface area contributed by atoms with Gasteiger partial charge in [-0.1, -0.05) is 36.4 Å². The van der Waals surface area contributed by atoms with Crippen molar-refractivity contribution < 1.29 is 14.4 Å². The molecule has 3 amide bonds. The van der Waals surface area contributed by atoms with Crippen LogP contribution in [0.5, 0.6) is 0 Å². The number of hydrogen-bond acceptors (Lipinski definition) is 4. The van der Waals surface area contributed by atoms with Crippen LogP contribution in [0.4, 0.5) is 0 Å². The fourth-order valence-corrected chi connectivity index (χ4v) is 4.87. The molecule has 2 atom stereocenters. The highest BCUT2D eigenvalue weighted by atomic mass is 16.2. The molecule has 3 aliphatic rings. The molecule has 0 radical (unpaired) electrons. The van der Waals surface area contributed by atoms with Crippen molar-refractivity contribution in [1.82, 2.24) is 15.5 Å². The number of carbonyl (C=O) groups is 3. The Kier molecular flexibility index (Phi) is 4.87. The summed E-state index contributed by atoms with van der Waals surface area (Å²) in [5.41, 5.74) is 5.65. The van der Waals surface area contributed by atoms with Crippen LogP contribution in [0.2, 0.25) is 0 Å². The Morgan fingerprint density at radius 2 is 1.80 bits per heavy atom. The van der Waals surface area contributed by atoms with E-state index in [0.717, 1.165) is 36.9 Å². The molecular weight excluding hydrogens is 378 g/mol. The SMILES string of the molecule is O=C1CCC(N2Cc3cc(CN[C@H]4CCc5ccccc5C4)ccc3C2=O)C(=O)N1. The van der Waals surface area contributed by atoms with Crippen LogP contribution in [0, 0.1) is 0 Å². The number of piperidine rings is 1. The van der Waals surface area contributed by atoms with E-state index in [1.807, 2.05) is 12.1 Å². The molecule has 0 bridgehead atoms. The molecule has 0 spiro atoms. The second-order valence-corrected chi connectivity index (χ2v) is 8.48. The van der Waals surface area contributed by atoms with Crippen LogP contribution in [0.1, 0.15) is 51.9 Å². The van der Waals surface area contributed by atoms with E-state index in [4.69, 9.17) is 0 Å². The lowest BCUT2D eigenvalue weighted by Gasteiger charge is -2.29. The maximum atomic E-state index is 12.8. The van der Waals surface area contributed by atoms with Crippen LogP contribution < -0.4 is 10.6 Å². The zero-order valence-corrected chi connectivity index (χ0v) is 16.8. The zero-order chi connectivity index (χ0) is 20.7. The average molecular weight is 403 g/mol. The molecule has 2 aromatic carbocycles. The summed E-state index contributed by atoms with van der Waals surface area (Å²) in [6.07, 6.45) is 3.94. The standard InChI is InChI=1S/C24H25N3O3/c28-22-10-9-21(23(29)26-22)27-14-18-11-15(5-8-20(18)24(27)30)13-25-19-7-6-16-3-1-2-4-17(16)12-19/h1-5,8,11,19,21,25H,6-7,9-10,12-14H2,(H,26,28,29)/t19-,21?/m0/s1. The van der Waals surface area contributed by atoms with Gasteiger partial charge in [0.05, 0.1) is 0 Å². The van der Waals surface area contributed by atoms with Gasteiger partial charge in [-0.3, -0.25) is 19.7 Å². The summed E-state index contributed by atoms with van der Waals surface area (Å²) in [7, 11) is 0. The van der Waals surface area contributed by atoms with E-state index in [9.17, 15) is 14.4 Å². The van der Waals surface area contributed by atoms with Gasteiger partial charge in [-0.25, -0.2) is 0 Å². The number of benzene rings is 2. The third kappa shape index (κ3) is 3.52. The molecule has 2 aromatic rings.